The van der Waals surface area contributed by atoms with E-state index in [2.05, 4.69) is 46.5 Å². The van der Waals surface area contributed by atoms with Crippen LogP contribution < -0.4 is 9.64 Å². The van der Waals surface area contributed by atoms with E-state index in [-0.39, 0.29) is 0 Å². The summed E-state index contributed by atoms with van der Waals surface area (Å²) in [4.78, 5) is 6.45. The lowest BCUT2D eigenvalue weighted by atomic mass is 10.2. The molecule has 0 aliphatic rings. The van der Waals surface area contributed by atoms with E-state index < -0.39 is 0 Å². The Morgan fingerprint density at radius 3 is 2.58 bits per heavy atom. The maximum absolute atomic E-state index is 8.78. The molecule has 0 atom stereocenters. The van der Waals surface area contributed by atoms with Crippen molar-refractivity contribution >= 4 is 16.3 Å². The highest BCUT2D eigenvalue weighted by molar-refractivity contribution is 7.14. The van der Waals surface area contributed by atoms with Crippen LogP contribution in [0.2, 0.25) is 0 Å². The highest BCUT2D eigenvalue weighted by Crippen LogP contribution is 2.24. The van der Waals surface area contributed by atoms with Crippen molar-refractivity contribution in [1.82, 2.24) is 4.98 Å². The predicted octanol–water partition coefficient (Wildman–Crippen LogP) is 4.83. The smallest absolute Gasteiger partial charge is 0.219 e. The zero-order chi connectivity index (χ0) is 16.8. The number of rotatable bonds is 6. The molecule has 0 unspecified atom stereocenters. The Morgan fingerprint density at radius 2 is 2.00 bits per heavy atom. The molecule has 3 rings (SSSR count). The first-order chi connectivity index (χ1) is 11.8. The standard InChI is InChI=1S/C19H17N3OS/c1-2-22(19-4-3-11-24-19)14-15-5-8-17(9-6-15)23-18-10-7-16(12-20)13-21-18/h3-11,13H,2,14H2,1H3. The van der Waals surface area contributed by atoms with Gasteiger partial charge in [-0.05, 0) is 48.2 Å². The molecule has 2 heterocycles. The maximum Gasteiger partial charge on any atom is 0.219 e. The van der Waals surface area contributed by atoms with Gasteiger partial charge in [0.15, 0.2) is 0 Å². The third kappa shape index (κ3) is 3.92. The molecule has 0 amide bonds. The van der Waals surface area contributed by atoms with Gasteiger partial charge in [0, 0.05) is 25.4 Å². The fourth-order valence-corrected chi connectivity index (χ4v) is 3.10. The zero-order valence-corrected chi connectivity index (χ0v) is 14.2. The first-order valence-corrected chi connectivity index (χ1v) is 8.58. The van der Waals surface area contributed by atoms with E-state index in [4.69, 9.17) is 10.00 Å². The van der Waals surface area contributed by atoms with Gasteiger partial charge in [-0.2, -0.15) is 5.26 Å². The van der Waals surface area contributed by atoms with E-state index in [1.165, 1.54) is 16.8 Å². The highest BCUT2D eigenvalue weighted by Gasteiger charge is 2.06. The van der Waals surface area contributed by atoms with Gasteiger partial charge in [-0.1, -0.05) is 12.1 Å². The van der Waals surface area contributed by atoms with Crippen molar-refractivity contribution in [3.05, 3.63) is 71.2 Å². The van der Waals surface area contributed by atoms with Crippen LogP contribution in [0.3, 0.4) is 0 Å². The lowest BCUT2D eigenvalue weighted by Crippen LogP contribution is -2.20. The summed E-state index contributed by atoms with van der Waals surface area (Å²) in [6.45, 7) is 3.99. The molecule has 5 heteroatoms. The molecule has 2 aromatic heterocycles. The Morgan fingerprint density at radius 1 is 1.17 bits per heavy atom. The van der Waals surface area contributed by atoms with Crippen LogP contribution in [0.4, 0.5) is 5.00 Å². The first kappa shape index (κ1) is 16.0. The molecule has 0 spiro atoms. The van der Waals surface area contributed by atoms with Crippen molar-refractivity contribution in [2.75, 3.05) is 11.4 Å². The van der Waals surface area contributed by atoms with E-state index in [0.717, 1.165) is 18.8 Å². The number of anilines is 1. The quantitative estimate of drug-likeness (QED) is 0.647. The Kier molecular flexibility index (Phi) is 5.09. The average Bonchev–Trinajstić information content (AvgIpc) is 3.16. The van der Waals surface area contributed by atoms with Crippen molar-refractivity contribution in [2.24, 2.45) is 0 Å². The predicted molar refractivity (Wildman–Crippen MR) is 96.5 cm³/mol. The SMILES string of the molecule is CCN(Cc1ccc(Oc2ccc(C#N)cn2)cc1)c1cccs1. The summed E-state index contributed by atoms with van der Waals surface area (Å²) in [7, 11) is 0. The molecule has 0 bridgehead atoms. The van der Waals surface area contributed by atoms with Gasteiger partial charge in [-0.15, -0.1) is 11.3 Å². The van der Waals surface area contributed by atoms with Crippen LogP contribution in [0.1, 0.15) is 18.1 Å². The van der Waals surface area contributed by atoms with Crippen LogP contribution in [0.5, 0.6) is 11.6 Å². The Bertz CT molecular complexity index is 805. The highest BCUT2D eigenvalue weighted by atomic mass is 32.1. The lowest BCUT2D eigenvalue weighted by molar-refractivity contribution is 0.462. The van der Waals surface area contributed by atoms with Gasteiger partial charge >= 0.3 is 0 Å². The number of hydrogen-bond acceptors (Lipinski definition) is 5. The molecule has 0 aliphatic heterocycles. The number of hydrogen-bond donors (Lipinski definition) is 0. The summed E-state index contributed by atoms with van der Waals surface area (Å²) in [6, 6.07) is 17.7. The summed E-state index contributed by atoms with van der Waals surface area (Å²) < 4.78 is 5.70. The number of ether oxygens (including phenoxy) is 1. The molecule has 4 nitrogen and oxygen atoms in total. The number of nitriles is 1. The largest absolute Gasteiger partial charge is 0.439 e. The minimum Gasteiger partial charge on any atom is -0.439 e. The van der Waals surface area contributed by atoms with E-state index in [0.29, 0.717) is 11.4 Å². The van der Waals surface area contributed by atoms with Crippen molar-refractivity contribution in [1.29, 1.82) is 5.26 Å². The normalized spacial score (nSPS) is 10.2. The first-order valence-electron chi connectivity index (χ1n) is 7.70. The van der Waals surface area contributed by atoms with Crippen molar-refractivity contribution < 1.29 is 4.74 Å². The third-order valence-corrected chi connectivity index (χ3v) is 4.51. The Labute approximate surface area is 145 Å². The molecule has 0 N–H and O–H groups in total. The van der Waals surface area contributed by atoms with Crippen LogP contribution in [0, 0.1) is 11.3 Å². The summed E-state index contributed by atoms with van der Waals surface area (Å²) >= 11 is 1.75. The van der Waals surface area contributed by atoms with E-state index >= 15 is 0 Å². The molecule has 1 aromatic carbocycles. The van der Waals surface area contributed by atoms with E-state index in [1.54, 1.807) is 23.5 Å². The van der Waals surface area contributed by atoms with Crippen molar-refractivity contribution in [3.63, 3.8) is 0 Å². The number of thiophene rings is 1. The molecule has 0 radical (unpaired) electrons. The maximum atomic E-state index is 8.78. The third-order valence-electron chi connectivity index (χ3n) is 3.58. The van der Waals surface area contributed by atoms with Gasteiger partial charge in [0.05, 0.1) is 10.6 Å². The van der Waals surface area contributed by atoms with Crippen LogP contribution >= 0.6 is 11.3 Å². The fraction of sp³-hybridized carbons (Fsp3) is 0.158. The van der Waals surface area contributed by atoms with Crippen LogP contribution in [-0.4, -0.2) is 11.5 Å². The molecule has 0 fully saturated rings. The van der Waals surface area contributed by atoms with Crippen molar-refractivity contribution in [3.8, 4) is 17.7 Å². The van der Waals surface area contributed by atoms with Crippen LogP contribution in [-0.2, 0) is 6.54 Å². The monoisotopic (exact) mass is 335 g/mol. The Hall–Kier alpha value is -2.84. The van der Waals surface area contributed by atoms with E-state index in [1.807, 2.05) is 18.2 Å². The number of aromatic nitrogens is 1. The van der Waals surface area contributed by atoms with Crippen LogP contribution in [0.25, 0.3) is 0 Å². The molecule has 0 saturated carbocycles. The van der Waals surface area contributed by atoms with Gasteiger partial charge in [-0.3, -0.25) is 0 Å². The summed E-state index contributed by atoms with van der Waals surface area (Å²) in [5.74, 6) is 1.21. The Balaban J connectivity index is 1.65. The second-order valence-corrected chi connectivity index (χ2v) is 6.13. The van der Waals surface area contributed by atoms with Gasteiger partial charge < -0.3 is 9.64 Å². The topological polar surface area (TPSA) is 49.1 Å². The second kappa shape index (κ2) is 7.62. The molecule has 120 valence electrons. The van der Waals surface area contributed by atoms with Crippen LogP contribution in [0.15, 0.2) is 60.1 Å². The summed E-state index contributed by atoms with van der Waals surface area (Å²) in [6.07, 6.45) is 1.50. The number of pyridine rings is 1. The van der Waals surface area contributed by atoms with Gasteiger partial charge in [0.1, 0.15) is 11.8 Å². The summed E-state index contributed by atoms with van der Waals surface area (Å²) in [5.41, 5.74) is 1.75. The molecule has 0 saturated heterocycles. The summed E-state index contributed by atoms with van der Waals surface area (Å²) in [5, 5.41) is 12.1. The average molecular weight is 335 g/mol. The van der Waals surface area contributed by atoms with Gasteiger partial charge in [0.2, 0.25) is 5.88 Å². The van der Waals surface area contributed by atoms with Gasteiger partial charge in [0.25, 0.3) is 0 Å². The molecular weight excluding hydrogens is 318 g/mol. The number of nitrogens with zero attached hydrogens (tertiary/aromatic N) is 3. The minimum absolute atomic E-state index is 0.482. The fourth-order valence-electron chi connectivity index (χ4n) is 2.31. The second-order valence-electron chi connectivity index (χ2n) is 5.21. The van der Waals surface area contributed by atoms with Crippen molar-refractivity contribution in [2.45, 2.75) is 13.5 Å². The molecule has 3 aromatic rings. The number of benzene rings is 1. The molecule has 24 heavy (non-hydrogen) atoms. The van der Waals surface area contributed by atoms with E-state index in [9.17, 15) is 0 Å². The molecular formula is C19H17N3OS. The molecule has 0 aliphatic carbocycles. The zero-order valence-electron chi connectivity index (χ0n) is 13.3. The van der Waals surface area contributed by atoms with Gasteiger partial charge in [-0.25, -0.2) is 4.98 Å². The minimum atomic E-state index is 0.482. The lowest BCUT2D eigenvalue weighted by Gasteiger charge is -2.21.